The second-order valence-corrected chi connectivity index (χ2v) is 5.02. The number of rotatable bonds is 4. The maximum atomic E-state index is 11.1. The first-order valence-electron chi connectivity index (χ1n) is 6.63. The highest BCUT2D eigenvalue weighted by atomic mass is 16.6. The van der Waals surface area contributed by atoms with Crippen molar-refractivity contribution in [1.29, 1.82) is 0 Å². The zero-order valence-corrected chi connectivity index (χ0v) is 12.0. The highest BCUT2D eigenvalue weighted by molar-refractivity contribution is 5.64. The van der Waals surface area contributed by atoms with E-state index in [1.165, 1.54) is 32.2 Å². The van der Waals surface area contributed by atoms with Gasteiger partial charge < -0.3 is 30.1 Å². The summed E-state index contributed by atoms with van der Waals surface area (Å²) in [4.78, 5) is 10.5. The zero-order valence-electron chi connectivity index (χ0n) is 12.0. The lowest BCUT2D eigenvalue weighted by Crippen LogP contribution is -2.58. The van der Waals surface area contributed by atoms with Crippen molar-refractivity contribution >= 4 is 11.4 Å². The highest BCUT2D eigenvalue weighted by Crippen LogP contribution is 2.31. The van der Waals surface area contributed by atoms with Crippen molar-refractivity contribution in [2.75, 3.05) is 12.4 Å². The second-order valence-electron chi connectivity index (χ2n) is 5.02. The zero-order chi connectivity index (χ0) is 16.4. The fraction of sp³-hybridized carbons (Fsp3) is 0.538. The Labute approximate surface area is 126 Å². The Bertz CT molecular complexity index is 553. The fourth-order valence-corrected chi connectivity index (χ4v) is 2.24. The summed E-state index contributed by atoms with van der Waals surface area (Å²) in [6.07, 6.45) is -5.93. The molecule has 0 aliphatic carbocycles. The molecule has 22 heavy (non-hydrogen) atoms. The smallest absolute Gasteiger partial charge is 0.296 e. The summed E-state index contributed by atoms with van der Waals surface area (Å²) < 4.78 is 10.3. The highest BCUT2D eigenvalue weighted by Gasteiger charge is 2.42. The number of nitrogens with zero attached hydrogens (tertiary/aromatic N) is 1. The van der Waals surface area contributed by atoms with Crippen LogP contribution in [0.2, 0.25) is 0 Å². The maximum Gasteiger partial charge on any atom is 0.296 e. The van der Waals surface area contributed by atoms with Crippen LogP contribution in [0.25, 0.3) is 0 Å². The van der Waals surface area contributed by atoms with E-state index in [1.54, 1.807) is 0 Å². The van der Waals surface area contributed by atoms with Crippen LogP contribution in [0.15, 0.2) is 18.2 Å². The lowest BCUT2D eigenvalue weighted by atomic mass is 9.99. The summed E-state index contributed by atoms with van der Waals surface area (Å²) in [5.74, 6) is 0.311. The molecule has 0 aromatic heterocycles. The molecule has 1 heterocycles. The van der Waals surface area contributed by atoms with Gasteiger partial charge in [0.2, 0.25) is 0 Å². The molecular formula is C13H18N2O7. The molecule has 5 atom stereocenters. The number of nitro benzene ring substituents is 1. The SMILES string of the molecule is COc1ccc(N[C@@H]2O[C@@H](C)[C@H](O)[C@@H](O)[C@H]2O)c([N+](=O)[O-])c1. The molecule has 0 spiro atoms. The average molecular weight is 314 g/mol. The molecule has 1 aromatic rings. The van der Waals surface area contributed by atoms with Gasteiger partial charge in [0.05, 0.1) is 24.2 Å². The summed E-state index contributed by atoms with van der Waals surface area (Å²) >= 11 is 0. The van der Waals surface area contributed by atoms with Crippen LogP contribution >= 0.6 is 0 Å². The molecule has 1 aliphatic heterocycles. The van der Waals surface area contributed by atoms with Crippen LogP contribution in [0.4, 0.5) is 11.4 Å². The van der Waals surface area contributed by atoms with Gasteiger partial charge in [-0.05, 0) is 19.1 Å². The Morgan fingerprint density at radius 3 is 2.55 bits per heavy atom. The Hall–Kier alpha value is -1.94. The minimum absolute atomic E-state index is 0.102. The number of nitro groups is 1. The summed E-state index contributed by atoms with van der Waals surface area (Å²) in [5.41, 5.74) is -0.158. The van der Waals surface area contributed by atoms with Crippen LogP contribution < -0.4 is 10.1 Å². The van der Waals surface area contributed by atoms with Crippen LogP contribution in [0.3, 0.4) is 0 Å². The lowest BCUT2D eigenvalue weighted by Gasteiger charge is -2.39. The number of benzene rings is 1. The molecular weight excluding hydrogens is 296 g/mol. The number of aliphatic hydroxyl groups excluding tert-OH is 3. The molecule has 0 unspecified atom stereocenters. The number of ether oxygens (including phenoxy) is 2. The van der Waals surface area contributed by atoms with Crippen LogP contribution in [-0.2, 0) is 4.74 Å². The van der Waals surface area contributed by atoms with E-state index in [1.807, 2.05) is 0 Å². The summed E-state index contributed by atoms with van der Waals surface area (Å²) in [5, 5.41) is 43.1. The van der Waals surface area contributed by atoms with Crippen LogP contribution in [0.1, 0.15) is 6.92 Å². The topological polar surface area (TPSA) is 134 Å². The molecule has 0 radical (unpaired) electrons. The van der Waals surface area contributed by atoms with Gasteiger partial charge in [0.15, 0.2) is 6.23 Å². The number of anilines is 1. The van der Waals surface area contributed by atoms with Crippen molar-refractivity contribution in [2.24, 2.45) is 0 Å². The molecule has 4 N–H and O–H groups in total. The number of methoxy groups -OCH3 is 1. The van der Waals surface area contributed by atoms with Crippen molar-refractivity contribution in [1.82, 2.24) is 0 Å². The first-order valence-corrected chi connectivity index (χ1v) is 6.63. The van der Waals surface area contributed by atoms with Crippen molar-refractivity contribution in [3.05, 3.63) is 28.3 Å². The van der Waals surface area contributed by atoms with Gasteiger partial charge in [-0.25, -0.2) is 0 Å². The van der Waals surface area contributed by atoms with Crippen molar-refractivity contribution in [2.45, 2.75) is 37.6 Å². The van der Waals surface area contributed by atoms with Crippen molar-refractivity contribution in [3.8, 4) is 5.75 Å². The largest absolute Gasteiger partial charge is 0.496 e. The predicted octanol–water partition coefficient (Wildman–Crippen LogP) is -0.157. The van der Waals surface area contributed by atoms with Crippen LogP contribution in [0, 0.1) is 10.1 Å². The molecule has 1 saturated heterocycles. The summed E-state index contributed by atoms with van der Waals surface area (Å²) in [6.45, 7) is 1.52. The number of hydrogen-bond acceptors (Lipinski definition) is 8. The molecule has 1 aromatic carbocycles. The van der Waals surface area contributed by atoms with E-state index < -0.39 is 35.6 Å². The van der Waals surface area contributed by atoms with E-state index in [0.29, 0.717) is 5.75 Å². The van der Waals surface area contributed by atoms with E-state index in [0.717, 1.165) is 0 Å². The second kappa shape index (κ2) is 6.44. The fourth-order valence-electron chi connectivity index (χ4n) is 2.24. The van der Waals surface area contributed by atoms with Crippen LogP contribution in [-0.4, -0.2) is 58.0 Å². The van der Waals surface area contributed by atoms with Crippen molar-refractivity contribution < 1.29 is 29.7 Å². The first-order chi connectivity index (χ1) is 10.3. The summed E-state index contributed by atoms with van der Waals surface area (Å²) in [6, 6.07) is 4.15. The number of nitrogens with one attached hydrogen (secondary N) is 1. The van der Waals surface area contributed by atoms with Gasteiger partial charge >= 0.3 is 0 Å². The average Bonchev–Trinajstić information content (AvgIpc) is 2.50. The monoisotopic (exact) mass is 314 g/mol. The normalized spacial score (nSPS) is 31.6. The van der Waals surface area contributed by atoms with Gasteiger partial charge in [0.1, 0.15) is 29.7 Å². The third-order valence-corrected chi connectivity index (χ3v) is 3.55. The molecule has 9 nitrogen and oxygen atoms in total. The van der Waals surface area contributed by atoms with E-state index in [4.69, 9.17) is 9.47 Å². The van der Waals surface area contributed by atoms with Gasteiger partial charge in [-0.1, -0.05) is 0 Å². The third kappa shape index (κ3) is 3.12. The summed E-state index contributed by atoms with van der Waals surface area (Å²) in [7, 11) is 1.39. The number of aliphatic hydroxyl groups is 3. The standard InChI is InChI=1S/C13H18N2O7/c1-6-10(16)11(17)12(18)13(22-6)14-8-4-3-7(21-2)5-9(8)15(19)20/h3-6,10-14,16-18H,1-2H3/t6-,10-,11+,12+,13+/m0/s1. The molecule has 1 aliphatic rings. The van der Waals surface area contributed by atoms with E-state index in [-0.39, 0.29) is 11.4 Å². The molecule has 0 amide bonds. The molecule has 0 saturated carbocycles. The molecule has 2 rings (SSSR count). The van der Waals surface area contributed by atoms with E-state index >= 15 is 0 Å². The van der Waals surface area contributed by atoms with Gasteiger partial charge in [0, 0.05) is 0 Å². The third-order valence-electron chi connectivity index (χ3n) is 3.55. The maximum absolute atomic E-state index is 11.1. The molecule has 122 valence electrons. The Morgan fingerprint density at radius 2 is 1.95 bits per heavy atom. The lowest BCUT2D eigenvalue weighted by molar-refractivity contribution is -0.384. The minimum atomic E-state index is -1.44. The molecule has 0 bridgehead atoms. The molecule has 9 heteroatoms. The number of hydrogen-bond donors (Lipinski definition) is 4. The Kier molecular flexibility index (Phi) is 4.81. The van der Waals surface area contributed by atoms with E-state index in [2.05, 4.69) is 5.32 Å². The Balaban J connectivity index is 2.24. The quantitative estimate of drug-likeness (QED) is 0.445. The van der Waals surface area contributed by atoms with E-state index in [9.17, 15) is 25.4 Å². The van der Waals surface area contributed by atoms with Gasteiger partial charge in [0.25, 0.3) is 5.69 Å². The van der Waals surface area contributed by atoms with Gasteiger partial charge in [-0.3, -0.25) is 10.1 Å². The van der Waals surface area contributed by atoms with Gasteiger partial charge in [-0.2, -0.15) is 0 Å². The predicted molar refractivity (Wildman–Crippen MR) is 75.6 cm³/mol. The minimum Gasteiger partial charge on any atom is -0.496 e. The first kappa shape index (κ1) is 16.4. The van der Waals surface area contributed by atoms with Gasteiger partial charge in [-0.15, -0.1) is 0 Å². The van der Waals surface area contributed by atoms with Crippen LogP contribution in [0.5, 0.6) is 5.75 Å². The van der Waals surface area contributed by atoms with Crippen molar-refractivity contribution in [3.63, 3.8) is 0 Å². The molecule has 1 fully saturated rings. The Morgan fingerprint density at radius 1 is 1.27 bits per heavy atom.